The molecule has 0 unspecified atom stereocenters. The van der Waals surface area contributed by atoms with Crippen LogP contribution in [0.4, 0.5) is 0 Å². The third-order valence-corrected chi connectivity index (χ3v) is 6.09. The maximum absolute atomic E-state index is 11.7. The first-order chi connectivity index (χ1) is 16.7. The van der Waals surface area contributed by atoms with Gasteiger partial charge in [-0.25, -0.2) is 4.98 Å². The Kier molecular flexibility index (Phi) is 6.09. The van der Waals surface area contributed by atoms with E-state index in [9.17, 15) is 4.79 Å². The van der Waals surface area contributed by atoms with E-state index in [1.165, 1.54) is 5.56 Å². The third-order valence-electron chi connectivity index (χ3n) is 5.07. The number of nitrogens with one attached hydrogen (secondary N) is 1. The highest BCUT2D eigenvalue weighted by Gasteiger charge is 2.14. The van der Waals surface area contributed by atoms with Crippen LogP contribution < -0.4 is 5.32 Å². The molecule has 168 valence electrons. The molecule has 0 aliphatic heterocycles. The van der Waals surface area contributed by atoms with Crippen molar-refractivity contribution >= 4 is 27.5 Å². The molecule has 9 nitrogen and oxygen atoms in total. The molecule has 5 aromatic rings. The molecule has 0 radical (unpaired) electrons. The lowest BCUT2D eigenvalue weighted by Gasteiger charge is -2.01. The number of carbonyl (C=O) groups is 1. The van der Waals surface area contributed by atoms with Crippen LogP contribution in [0.15, 0.2) is 65.3 Å². The highest BCUT2D eigenvalue weighted by molar-refractivity contribution is 7.18. The lowest BCUT2D eigenvalue weighted by atomic mass is 10.1. The summed E-state index contributed by atoms with van der Waals surface area (Å²) >= 11 is 1.56. The van der Waals surface area contributed by atoms with Crippen LogP contribution in [0.1, 0.15) is 22.4 Å². The SMILES string of the molecule is N#CCNC(=O)Cc1nnc(Cc2nc3ccc(-c4cnn(Cc5ccccc5)c4)cc3s2)o1. The summed E-state index contributed by atoms with van der Waals surface area (Å²) in [6, 6.07) is 18.2. The molecule has 0 saturated heterocycles. The minimum atomic E-state index is -0.337. The molecule has 1 N–H and O–H groups in total. The van der Waals surface area contributed by atoms with Gasteiger partial charge in [0.25, 0.3) is 0 Å². The quantitative estimate of drug-likeness (QED) is 0.346. The van der Waals surface area contributed by atoms with Crippen molar-refractivity contribution < 1.29 is 9.21 Å². The van der Waals surface area contributed by atoms with Gasteiger partial charge >= 0.3 is 0 Å². The molecule has 3 aromatic heterocycles. The number of rotatable bonds is 8. The van der Waals surface area contributed by atoms with Gasteiger partial charge in [0.05, 0.1) is 35.4 Å². The number of amides is 1. The lowest BCUT2D eigenvalue weighted by molar-refractivity contribution is -0.120. The molecule has 0 spiro atoms. The third kappa shape index (κ3) is 5.00. The number of aromatic nitrogens is 5. The summed E-state index contributed by atoms with van der Waals surface area (Å²) in [5.74, 6) is 0.266. The Balaban J connectivity index is 1.27. The molecule has 0 atom stereocenters. The minimum Gasteiger partial charge on any atom is -0.424 e. The van der Waals surface area contributed by atoms with E-state index in [4.69, 9.17) is 9.68 Å². The Morgan fingerprint density at radius 3 is 2.82 bits per heavy atom. The van der Waals surface area contributed by atoms with Crippen molar-refractivity contribution in [1.29, 1.82) is 5.26 Å². The maximum Gasteiger partial charge on any atom is 0.230 e. The van der Waals surface area contributed by atoms with Crippen molar-refractivity contribution in [2.24, 2.45) is 0 Å². The van der Waals surface area contributed by atoms with Gasteiger partial charge < -0.3 is 9.73 Å². The number of hydrogen-bond donors (Lipinski definition) is 1. The summed E-state index contributed by atoms with van der Waals surface area (Å²) in [6.45, 7) is 0.668. The molecule has 0 aliphatic carbocycles. The summed E-state index contributed by atoms with van der Waals surface area (Å²) in [5, 5.41) is 24.2. The molecule has 2 aromatic carbocycles. The average molecular weight is 470 g/mol. The van der Waals surface area contributed by atoms with E-state index in [1.807, 2.05) is 53.5 Å². The molecule has 5 rings (SSSR count). The normalized spacial score (nSPS) is 10.9. The predicted octanol–water partition coefficient (Wildman–Crippen LogP) is 3.36. The van der Waals surface area contributed by atoms with Crippen LogP contribution in [0, 0.1) is 11.3 Å². The van der Waals surface area contributed by atoms with Gasteiger partial charge in [-0.2, -0.15) is 10.4 Å². The number of nitriles is 1. The van der Waals surface area contributed by atoms with E-state index in [1.54, 1.807) is 11.3 Å². The Labute approximate surface area is 198 Å². The topological polar surface area (TPSA) is 123 Å². The number of benzene rings is 2. The van der Waals surface area contributed by atoms with Crippen LogP contribution in [-0.2, 0) is 24.2 Å². The maximum atomic E-state index is 11.7. The monoisotopic (exact) mass is 469 g/mol. The van der Waals surface area contributed by atoms with Gasteiger partial charge in [-0.1, -0.05) is 36.4 Å². The molecule has 3 heterocycles. The van der Waals surface area contributed by atoms with Crippen molar-refractivity contribution in [3.63, 3.8) is 0 Å². The number of carbonyl (C=O) groups excluding carboxylic acids is 1. The second kappa shape index (κ2) is 9.64. The van der Waals surface area contributed by atoms with Crippen LogP contribution in [0.2, 0.25) is 0 Å². The van der Waals surface area contributed by atoms with Crippen LogP contribution in [-0.4, -0.2) is 37.4 Å². The van der Waals surface area contributed by atoms with Crippen LogP contribution in [0.3, 0.4) is 0 Å². The summed E-state index contributed by atoms with van der Waals surface area (Å²) in [7, 11) is 0. The highest BCUT2D eigenvalue weighted by Crippen LogP contribution is 2.29. The van der Waals surface area contributed by atoms with E-state index >= 15 is 0 Å². The summed E-state index contributed by atoms with van der Waals surface area (Å²) in [5.41, 5.74) is 4.22. The van der Waals surface area contributed by atoms with Crippen molar-refractivity contribution in [2.75, 3.05) is 6.54 Å². The first kappa shape index (κ1) is 21.5. The summed E-state index contributed by atoms with van der Waals surface area (Å²) in [4.78, 5) is 16.4. The van der Waals surface area contributed by atoms with Gasteiger partial charge in [0.15, 0.2) is 0 Å². The summed E-state index contributed by atoms with van der Waals surface area (Å²) < 4.78 is 8.55. The van der Waals surface area contributed by atoms with Crippen molar-refractivity contribution in [2.45, 2.75) is 19.4 Å². The Hall–Kier alpha value is -4.36. The zero-order valence-electron chi connectivity index (χ0n) is 18.0. The zero-order valence-corrected chi connectivity index (χ0v) is 18.8. The second-order valence-electron chi connectivity index (χ2n) is 7.58. The number of thiazole rings is 1. The van der Waals surface area contributed by atoms with Gasteiger partial charge in [-0.15, -0.1) is 21.5 Å². The molecule has 0 saturated carbocycles. The van der Waals surface area contributed by atoms with Gasteiger partial charge in [0.1, 0.15) is 18.0 Å². The largest absolute Gasteiger partial charge is 0.424 e. The predicted molar refractivity (Wildman–Crippen MR) is 126 cm³/mol. The van der Waals surface area contributed by atoms with E-state index in [2.05, 4.69) is 43.8 Å². The van der Waals surface area contributed by atoms with Crippen LogP contribution in [0.5, 0.6) is 0 Å². The molecule has 0 fully saturated rings. The van der Waals surface area contributed by atoms with E-state index < -0.39 is 0 Å². The fourth-order valence-corrected chi connectivity index (χ4v) is 4.49. The fourth-order valence-electron chi connectivity index (χ4n) is 3.50. The number of fused-ring (bicyclic) bond motifs is 1. The first-order valence-electron chi connectivity index (χ1n) is 10.6. The molecular formula is C24H19N7O2S. The average Bonchev–Trinajstić information content (AvgIpc) is 3.58. The van der Waals surface area contributed by atoms with E-state index in [0.29, 0.717) is 12.3 Å². The van der Waals surface area contributed by atoms with Crippen molar-refractivity contribution in [3.05, 3.63) is 83.3 Å². The van der Waals surface area contributed by atoms with Crippen LogP contribution >= 0.6 is 11.3 Å². The lowest BCUT2D eigenvalue weighted by Crippen LogP contribution is -2.25. The molecule has 0 aliphatic rings. The van der Waals surface area contributed by atoms with E-state index in [-0.39, 0.29) is 24.8 Å². The Morgan fingerprint density at radius 2 is 1.97 bits per heavy atom. The number of nitrogens with zero attached hydrogens (tertiary/aromatic N) is 6. The number of hydrogen-bond acceptors (Lipinski definition) is 8. The zero-order chi connectivity index (χ0) is 23.3. The molecular weight excluding hydrogens is 450 g/mol. The fraction of sp³-hybridized carbons (Fsp3) is 0.167. The van der Waals surface area contributed by atoms with Gasteiger partial charge in [0, 0.05) is 11.8 Å². The van der Waals surface area contributed by atoms with Gasteiger partial charge in [-0.3, -0.25) is 9.48 Å². The first-order valence-corrected chi connectivity index (χ1v) is 11.4. The molecule has 1 amide bonds. The van der Waals surface area contributed by atoms with Crippen LogP contribution in [0.25, 0.3) is 21.3 Å². The Morgan fingerprint density at radius 1 is 1.12 bits per heavy atom. The minimum absolute atomic E-state index is 0.0542. The van der Waals surface area contributed by atoms with Crippen molar-refractivity contribution in [1.82, 2.24) is 30.3 Å². The Bertz CT molecular complexity index is 1480. The second-order valence-corrected chi connectivity index (χ2v) is 8.70. The molecule has 10 heteroatoms. The van der Waals surface area contributed by atoms with Gasteiger partial charge in [-0.05, 0) is 23.3 Å². The summed E-state index contributed by atoms with van der Waals surface area (Å²) in [6.07, 6.45) is 4.24. The van der Waals surface area contributed by atoms with E-state index in [0.717, 1.165) is 32.9 Å². The highest BCUT2D eigenvalue weighted by atomic mass is 32.1. The standard InChI is InChI=1S/C24H19N7O2S/c25-8-9-26-21(32)11-22-29-30-23(33-22)12-24-28-19-7-6-17(10-20(19)34-24)18-13-27-31(15-18)14-16-4-2-1-3-5-16/h1-7,10,13,15H,9,11-12,14H2,(H,26,32). The smallest absolute Gasteiger partial charge is 0.230 e. The van der Waals surface area contributed by atoms with Crippen molar-refractivity contribution in [3.8, 4) is 17.2 Å². The molecule has 0 bridgehead atoms. The molecule has 34 heavy (non-hydrogen) atoms. The van der Waals surface area contributed by atoms with Gasteiger partial charge in [0.2, 0.25) is 17.7 Å².